The number of ether oxygens (including phenoxy) is 2. The van der Waals surface area contributed by atoms with Gasteiger partial charge in [0.25, 0.3) is 0 Å². The highest BCUT2D eigenvalue weighted by Crippen LogP contribution is 2.13. The van der Waals surface area contributed by atoms with Crippen molar-refractivity contribution >= 4 is 11.9 Å². The van der Waals surface area contributed by atoms with Crippen LogP contribution in [-0.2, 0) is 19.1 Å². The Hall–Kier alpha value is -1.06. The molecule has 0 bridgehead atoms. The Balaban J connectivity index is 3.24. The zero-order valence-electron chi connectivity index (χ0n) is 21.9. The second kappa shape index (κ2) is 23.1. The average molecular weight is 455 g/mol. The molecule has 0 saturated carbocycles. The highest BCUT2D eigenvalue weighted by atomic mass is 16.5. The van der Waals surface area contributed by atoms with Gasteiger partial charge < -0.3 is 9.47 Å². The van der Waals surface area contributed by atoms with Gasteiger partial charge in [-0.3, -0.25) is 9.59 Å². The first kappa shape index (κ1) is 30.9. The van der Waals surface area contributed by atoms with E-state index in [0.29, 0.717) is 26.1 Å². The lowest BCUT2D eigenvalue weighted by Crippen LogP contribution is -2.06. The smallest absolute Gasteiger partial charge is 0.305 e. The minimum atomic E-state index is -0.0236. The molecule has 0 heterocycles. The summed E-state index contributed by atoms with van der Waals surface area (Å²) in [7, 11) is 0. The monoisotopic (exact) mass is 454 g/mol. The number of hydrogen-bond acceptors (Lipinski definition) is 4. The standard InChI is InChI=1S/C28H54O4/c1-25(2)19-15-17-23-31-27(29)21-13-11-9-7-5-6-8-10-12-14-22-28(30)32-24-18-16-20-26(3)4/h25-26H,5-24H2,1-4H3. The van der Waals surface area contributed by atoms with E-state index in [0.717, 1.165) is 63.2 Å². The first-order chi connectivity index (χ1) is 15.4. The molecule has 0 unspecified atom stereocenters. The summed E-state index contributed by atoms with van der Waals surface area (Å²) in [5.74, 6) is 1.42. The predicted molar refractivity (Wildman–Crippen MR) is 135 cm³/mol. The van der Waals surface area contributed by atoms with Crippen LogP contribution in [0.15, 0.2) is 0 Å². The minimum absolute atomic E-state index is 0.0236. The first-order valence-electron chi connectivity index (χ1n) is 13.7. The Morgan fingerprint density at radius 2 is 0.781 bits per heavy atom. The van der Waals surface area contributed by atoms with Crippen molar-refractivity contribution in [3.05, 3.63) is 0 Å². The fourth-order valence-corrected chi connectivity index (χ4v) is 3.78. The maximum absolute atomic E-state index is 11.7. The van der Waals surface area contributed by atoms with Gasteiger partial charge in [0.15, 0.2) is 0 Å². The van der Waals surface area contributed by atoms with Gasteiger partial charge in [-0.2, -0.15) is 0 Å². The Morgan fingerprint density at radius 3 is 1.09 bits per heavy atom. The molecule has 0 atom stereocenters. The zero-order chi connectivity index (χ0) is 23.9. The molecule has 32 heavy (non-hydrogen) atoms. The van der Waals surface area contributed by atoms with Crippen molar-refractivity contribution < 1.29 is 19.1 Å². The van der Waals surface area contributed by atoms with Crippen molar-refractivity contribution in [2.45, 2.75) is 143 Å². The molecule has 0 rings (SSSR count). The quantitative estimate of drug-likeness (QED) is 0.115. The Morgan fingerprint density at radius 1 is 0.469 bits per heavy atom. The van der Waals surface area contributed by atoms with Crippen molar-refractivity contribution in [1.29, 1.82) is 0 Å². The van der Waals surface area contributed by atoms with Crippen LogP contribution in [0.2, 0.25) is 0 Å². The van der Waals surface area contributed by atoms with E-state index in [1.54, 1.807) is 0 Å². The van der Waals surface area contributed by atoms with Crippen LogP contribution in [0.5, 0.6) is 0 Å². The van der Waals surface area contributed by atoms with E-state index in [1.165, 1.54) is 51.4 Å². The maximum Gasteiger partial charge on any atom is 0.305 e. The normalized spacial score (nSPS) is 11.3. The number of esters is 2. The van der Waals surface area contributed by atoms with Crippen molar-refractivity contribution in [3.8, 4) is 0 Å². The summed E-state index contributed by atoms with van der Waals surface area (Å²) in [6.45, 7) is 10.1. The summed E-state index contributed by atoms with van der Waals surface area (Å²) < 4.78 is 10.6. The summed E-state index contributed by atoms with van der Waals surface area (Å²) in [6, 6.07) is 0. The highest BCUT2D eigenvalue weighted by molar-refractivity contribution is 5.69. The van der Waals surface area contributed by atoms with Gasteiger partial charge in [0.1, 0.15) is 0 Å². The van der Waals surface area contributed by atoms with Crippen LogP contribution >= 0.6 is 0 Å². The van der Waals surface area contributed by atoms with Gasteiger partial charge in [-0.25, -0.2) is 0 Å². The number of rotatable bonds is 23. The van der Waals surface area contributed by atoms with E-state index in [-0.39, 0.29) is 11.9 Å². The molecule has 0 aliphatic rings. The van der Waals surface area contributed by atoms with Crippen LogP contribution in [0, 0.1) is 11.8 Å². The van der Waals surface area contributed by atoms with E-state index >= 15 is 0 Å². The van der Waals surface area contributed by atoms with Crippen molar-refractivity contribution in [2.75, 3.05) is 13.2 Å². The molecule has 0 aromatic rings. The van der Waals surface area contributed by atoms with E-state index < -0.39 is 0 Å². The lowest BCUT2D eigenvalue weighted by molar-refractivity contribution is -0.144. The average Bonchev–Trinajstić information content (AvgIpc) is 2.73. The molecule has 0 radical (unpaired) electrons. The molecule has 0 N–H and O–H groups in total. The summed E-state index contributed by atoms with van der Waals surface area (Å²) in [4.78, 5) is 23.4. The molecule has 4 heteroatoms. The van der Waals surface area contributed by atoms with Crippen LogP contribution in [-0.4, -0.2) is 25.2 Å². The van der Waals surface area contributed by atoms with Gasteiger partial charge in [-0.05, 0) is 50.4 Å². The van der Waals surface area contributed by atoms with E-state index in [9.17, 15) is 9.59 Å². The number of unbranched alkanes of at least 4 members (excludes halogenated alkanes) is 11. The molecule has 0 saturated heterocycles. The van der Waals surface area contributed by atoms with Crippen LogP contribution in [0.4, 0.5) is 0 Å². The fraction of sp³-hybridized carbons (Fsp3) is 0.929. The Labute approximate surface area is 199 Å². The van der Waals surface area contributed by atoms with E-state index in [2.05, 4.69) is 27.7 Å². The highest BCUT2D eigenvalue weighted by Gasteiger charge is 2.04. The molecular weight excluding hydrogens is 400 g/mol. The summed E-state index contributed by atoms with van der Waals surface area (Å²) in [6.07, 6.45) is 19.5. The maximum atomic E-state index is 11.7. The van der Waals surface area contributed by atoms with Gasteiger partial charge >= 0.3 is 11.9 Å². The predicted octanol–water partition coefficient (Wildman–Crippen LogP) is 8.41. The molecule has 4 nitrogen and oxygen atoms in total. The second-order valence-corrected chi connectivity index (χ2v) is 10.3. The largest absolute Gasteiger partial charge is 0.466 e. The van der Waals surface area contributed by atoms with Crippen LogP contribution in [0.25, 0.3) is 0 Å². The first-order valence-corrected chi connectivity index (χ1v) is 13.7. The number of hydrogen-bond donors (Lipinski definition) is 0. The topological polar surface area (TPSA) is 52.6 Å². The van der Waals surface area contributed by atoms with Gasteiger partial charge in [0, 0.05) is 12.8 Å². The third-order valence-electron chi connectivity index (χ3n) is 5.89. The van der Waals surface area contributed by atoms with Gasteiger partial charge in [-0.15, -0.1) is 0 Å². The molecule has 0 aliphatic heterocycles. The lowest BCUT2D eigenvalue weighted by atomic mass is 10.1. The molecule has 0 aliphatic carbocycles. The third-order valence-corrected chi connectivity index (χ3v) is 5.89. The van der Waals surface area contributed by atoms with Gasteiger partial charge in [-0.1, -0.05) is 91.9 Å². The summed E-state index contributed by atoms with van der Waals surface area (Å²) in [5, 5.41) is 0. The van der Waals surface area contributed by atoms with Gasteiger partial charge in [0.2, 0.25) is 0 Å². The molecule has 0 spiro atoms. The second-order valence-electron chi connectivity index (χ2n) is 10.3. The number of carbonyl (C=O) groups excluding carboxylic acids is 2. The Bertz CT molecular complexity index is 391. The summed E-state index contributed by atoms with van der Waals surface area (Å²) >= 11 is 0. The molecular formula is C28H54O4. The van der Waals surface area contributed by atoms with Crippen LogP contribution < -0.4 is 0 Å². The van der Waals surface area contributed by atoms with Gasteiger partial charge in [0.05, 0.1) is 13.2 Å². The molecule has 0 aromatic heterocycles. The number of carbonyl (C=O) groups is 2. The molecule has 0 fully saturated rings. The zero-order valence-corrected chi connectivity index (χ0v) is 21.9. The van der Waals surface area contributed by atoms with E-state index in [1.807, 2.05) is 0 Å². The van der Waals surface area contributed by atoms with Crippen molar-refractivity contribution in [2.24, 2.45) is 11.8 Å². The van der Waals surface area contributed by atoms with Crippen molar-refractivity contribution in [1.82, 2.24) is 0 Å². The Kier molecular flexibility index (Phi) is 22.3. The molecule has 0 amide bonds. The van der Waals surface area contributed by atoms with Crippen LogP contribution in [0.1, 0.15) is 143 Å². The summed E-state index contributed by atoms with van der Waals surface area (Å²) in [5.41, 5.74) is 0. The fourth-order valence-electron chi connectivity index (χ4n) is 3.78. The van der Waals surface area contributed by atoms with Crippen LogP contribution in [0.3, 0.4) is 0 Å². The van der Waals surface area contributed by atoms with E-state index in [4.69, 9.17) is 9.47 Å². The molecule has 0 aromatic carbocycles. The SMILES string of the molecule is CC(C)CCCCOC(=O)CCCCCCCCCCCCC(=O)OCCCCC(C)C. The third kappa shape index (κ3) is 25.2. The lowest BCUT2D eigenvalue weighted by Gasteiger charge is -2.07. The minimum Gasteiger partial charge on any atom is -0.466 e. The van der Waals surface area contributed by atoms with Crippen molar-refractivity contribution in [3.63, 3.8) is 0 Å². The molecule has 190 valence electrons.